The van der Waals surface area contributed by atoms with Gasteiger partial charge in [0.25, 0.3) is 5.91 Å². The number of carbonyl (C=O) groups excluding carboxylic acids is 1. The molecule has 0 saturated heterocycles. The van der Waals surface area contributed by atoms with Gasteiger partial charge in [-0.3, -0.25) is 10.1 Å². The third-order valence-corrected chi connectivity index (χ3v) is 3.77. The number of hydrogen-bond acceptors (Lipinski definition) is 4. The van der Waals surface area contributed by atoms with Crippen LogP contribution in [0.15, 0.2) is 18.2 Å². The van der Waals surface area contributed by atoms with Gasteiger partial charge in [-0.2, -0.15) is 0 Å². The molecule has 0 spiro atoms. The Bertz CT molecular complexity index is 724. The van der Waals surface area contributed by atoms with Crippen molar-refractivity contribution in [3.05, 3.63) is 45.7 Å². The molecule has 1 heterocycles. The van der Waals surface area contributed by atoms with Crippen molar-refractivity contribution in [3.8, 4) is 11.8 Å². The summed E-state index contributed by atoms with van der Waals surface area (Å²) in [4.78, 5) is 17.2. The Hall–Kier alpha value is -2.23. The van der Waals surface area contributed by atoms with Crippen LogP contribution in [0, 0.1) is 31.5 Å². The summed E-state index contributed by atoms with van der Waals surface area (Å²) in [5, 5.41) is 11.7. The molecule has 0 bridgehead atoms. The molecule has 4 nitrogen and oxygen atoms in total. The van der Waals surface area contributed by atoms with E-state index in [1.54, 1.807) is 0 Å². The second-order valence-corrected chi connectivity index (χ2v) is 5.47. The van der Waals surface area contributed by atoms with Crippen molar-refractivity contribution in [2.75, 3.05) is 11.9 Å². The Labute approximate surface area is 125 Å². The smallest absolute Gasteiger partial charge is 0.257 e. The van der Waals surface area contributed by atoms with Gasteiger partial charge in [0, 0.05) is 10.4 Å². The normalized spacial score (nSPS) is 9.90. The number of rotatable bonds is 2. The maximum atomic E-state index is 13.8. The maximum Gasteiger partial charge on any atom is 0.257 e. The van der Waals surface area contributed by atoms with E-state index in [0.717, 1.165) is 16.6 Å². The molecule has 0 unspecified atom stereocenters. The molecule has 0 saturated carbocycles. The number of aliphatic hydroxyl groups excluding tert-OH is 1. The lowest BCUT2D eigenvalue weighted by molar-refractivity contribution is 0.102. The van der Waals surface area contributed by atoms with E-state index in [1.807, 2.05) is 13.8 Å². The van der Waals surface area contributed by atoms with Gasteiger partial charge in [0.05, 0.1) is 11.3 Å². The predicted octanol–water partition coefficient (Wildman–Crippen LogP) is 2.50. The molecule has 2 aromatic rings. The van der Waals surface area contributed by atoms with Crippen LogP contribution in [0.3, 0.4) is 0 Å². The van der Waals surface area contributed by atoms with Crippen molar-refractivity contribution in [2.45, 2.75) is 13.8 Å². The van der Waals surface area contributed by atoms with Crippen molar-refractivity contribution < 1.29 is 14.3 Å². The van der Waals surface area contributed by atoms with Crippen LogP contribution in [-0.4, -0.2) is 22.6 Å². The average molecular weight is 304 g/mol. The molecule has 1 aromatic heterocycles. The third-order valence-electron chi connectivity index (χ3n) is 2.78. The lowest BCUT2D eigenvalue weighted by Crippen LogP contribution is -2.12. The zero-order valence-corrected chi connectivity index (χ0v) is 12.3. The first-order valence-electron chi connectivity index (χ1n) is 6.16. The monoisotopic (exact) mass is 304 g/mol. The van der Waals surface area contributed by atoms with Gasteiger partial charge in [0.15, 0.2) is 5.13 Å². The van der Waals surface area contributed by atoms with Crippen LogP contribution in [-0.2, 0) is 0 Å². The number of carbonyl (C=O) groups is 1. The van der Waals surface area contributed by atoms with Crippen LogP contribution in [0.4, 0.5) is 9.52 Å². The fraction of sp³-hybridized carbons (Fsp3) is 0.200. The van der Waals surface area contributed by atoms with Crippen molar-refractivity contribution in [1.82, 2.24) is 4.98 Å². The molecule has 6 heteroatoms. The number of halogens is 1. The number of aliphatic hydroxyl groups is 1. The van der Waals surface area contributed by atoms with E-state index in [-0.39, 0.29) is 17.7 Å². The molecule has 108 valence electrons. The SMILES string of the molecule is Cc1nc(NC(=O)c2ccc(C#CCO)c(F)c2)sc1C. The van der Waals surface area contributed by atoms with Crippen LogP contribution >= 0.6 is 11.3 Å². The molecule has 0 aliphatic carbocycles. The summed E-state index contributed by atoms with van der Waals surface area (Å²) >= 11 is 1.37. The molecular formula is C15H13FN2O2S. The summed E-state index contributed by atoms with van der Waals surface area (Å²) in [7, 11) is 0. The molecule has 2 N–H and O–H groups in total. The van der Waals surface area contributed by atoms with Crippen molar-refractivity contribution >= 4 is 22.4 Å². The first kappa shape index (κ1) is 15.2. The molecule has 0 atom stereocenters. The summed E-state index contributed by atoms with van der Waals surface area (Å²) in [6.45, 7) is 3.43. The quantitative estimate of drug-likeness (QED) is 0.838. The van der Waals surface area contributed by atoms with Gasteiger partial charge in [-0.1, -0.05) is 11.8 Å². The molecular weight excluding hydrogens is 291 g/mol. The Morgan fingerprint density at radius 3 is 2.81 bits per heavy atom. The minimum Gasteiger partial charge on any atom is -0.384 e. The summed E-state index contributed by atoms with van der Waals surface area (Å²) in [6.07, 6.45) is 0. The first-order valence-corrected chi connectivity index (χ1v) is 6.97. The van der Waals surface area contributed by atoms with Crippen molar-refractivity contribution in [2.24, 2.45) is 0 Å². The van der Waals surface area contributed by atoms with E-state index in [1.165, 1.54) is 23.5 Å². The van der Waals surface area contributed by atoms with Gasteiger partial charge in [-0.25, -0.2) is 9.37 Å². The first-order chi connectivity index (χ1) is 10.0. The highest BCUT2D eigenvalue weighted by molar-refractivity contribution is 7.15. The topological polar surface area (TPSA) is 62.2 Å². The van der Waals surface area contributed by atoms with E-state index in [4.69, 9.17) is 5.11 Å². The van der Waals surface area contributed by atoms with E-state index >= 15 is 0 Å². The molecule has 1 aromatic carbocycles. The molecule has 0 aliphatic heterocycles. The number of aromatic nitrogens is 1. The zero-order valence-electron chi connectivity index (χ0n) is 11.5. The number of thiazole rings is 1. The summed E-state index contributed by atoms with van der Waals surface area (Å²) in [6, 6.07) is 4.00. The van der Waals surface area contributed by atoms with E-state index in [2.05, 4.69) is 22.1 Å². The summed E-state index contributed by atoms with van der Waals surface area (Å²) < 4.78 is 13.8. The standard InChI is InChI=1S/C15H13FN2O2S/c1-9-10(2)21-15(17-9)18-14(20)12-6-5-11(4-3-7-19)13(16)8-12/h5-6,8,19H,7H2,1-2H3,(H,17,18,20). The van der Waals surface area contributed by atoms with Crippen molar-refractivity contribution in [1.29, 1.82) is 0 Å². The molecule has 0 fully saturated rings. The van der Waals surface area contributed by atoms with Gasteiger partial charge < -0.3 is 5.11 Å². The molecule has 2 rings (SSSR count). The van der Waals surface area contributed by atoms with Crippen molar-refractivity contribution in [3.63, 3.8) is 0 Å². The average Bonchev–Trinajstić information content (AvgIpc) is 2.75. The molecule has 1 amide bonds. The van der Waals surface area contributed by atoms with Gasteiger partial charge in [-0.15, -0.1) is 11.3 Å². The number of hydrogen-bond donors (Lipinski definition) is 2. The summed E-state index contributed by atoms with van der Waals surface area (Å²) in [5.41, 5.74) is 1.19. The van der Waals surface area contributed by atoms with Gasteiger partial charge in [0.2, 0.25) is 0 Å². The number of anilines is 1. The number of nitrogens with zero attached hydrogens (tertiary/aromatic N) is 1. The highest BCUT2D eigenvalue weighted by atomic mass is 32.1. The van der Waals surface area contributed by atoms with Crippen LogP contribution in [0.5, 0.6) is 0 Å². The molecule has 0 aliphatic rings. The third kappa shape index (κ3) is 3.66. The van der Waals surface area contributed by atoms with Crippen LogP contribution in [0.2, 0.25) is 0 Å². The minimum atomic E-state index is -0.602. The van der Waals surface area contributed by atoms with Crippen LogP contribution in [0.25, 0.3) is 0 Å². The fourth-order valence-electron chi connectivity index (χ4n) is 1.59. The number of amides is 1. The Morgan fingerprint density at radius 1 is 1.48 bits per heavy atom. The Morgan fingerprint density at radius 2 is 2.24 bits per heavy atom. The highest BCUT2D eigenvalue weighted by Gasteiger charge is 2.12. The predicted molar refractivity (Wildman–Crippen MR) is 79.9 cm³/mol. The van der Waals surface area contributed by atoms with Crippen LogP contribution < -0.4 is 5.32 Å². The largest absolute Gasteiger partial charge is 0.384 e. The number of benzene rings is 1. The highest BCUT2D eigenvalue weighted by Crippen LogP contribution is 2.22. The van der Waals surface area contributed by atoms with E-state index < -0.39 is 11.7 Å². The Balaban J connectivity index is 2.18. The zero-order chi connectivity index (χ0) is 15.4. The second-order valence-electron chi connectivity index (χ2n) is 4.27. The molecule has 21 heavy (non-hydrogen) atoms. The lowest BCUT2D eigenvalue weighted by Gasteiger charge is -2.03. The number of aryl methyl sites for hydroxylation is 2. The van der Waals surface area contributed by atoms with E-state index in [0.29, 0.717) is 5.13 Å². The Kier molecular flexibility index (Phi) is 4.68. The molecule has 0 radical (unpaired) electrons. The van der Waals surface area contributed by atoms with Gasteiger partial charge in [0.1, 0.15) is 12.4 Å². The lowest BCUT2D eigenvalue weighted by atomic mass is 10.1. The van der Waals surface area contributed by atoms with Gasteiger partial charge in [-0.05, 0) is 32.0 Å². The van der Waals surface area contributed by atoms with Crippen LogP contribution in [0.1, 0.15) is 26.5 Å². The van der Waals surface area contributed by atoms with Gasteiger partial charge >= 0.3 is 0 Å². The number of nitrogens with one attached hydrogen (secondary N) is 1. The van der Waals surface area contributed by atoms with E-state index in [9.17, 15) is 9.18 Å². The second kappa shape index (κ2) is 6.48. The minimum absolute atomic E-state index is 0.140. The fourth-order valence-corrected chi connectivity index (χ4v) is 2.40. The summed E-state index contributed by atoms with van der Waals surface area (Å²) in [5.74, 6) is 3.80. The maximum absolute atomic E-state index is 13.8.